The van der Waals surface area contributed by atoms with E-state index in [1.807, 2.05) is 18.2 Å². The lowest BCUT2D eigenvalue weighted by Gasteiger charge is -2.26. The van der Waals surface area contributed by atoms with E-state index in [1.165, 1.54) is 0 Å². The Morgan fingerprint density at radius 1 is 1.27 bits per heavy atom. The highest BCUT2D eigenvalue weighted by molar-refractivity contribution is 5.97. The fourth-order valence-corrected chi connectivity index (χ4v) is 3.20. The highest BCUT2D eigenvalue weighted by atomic mass is 16.5. The van der Waals surface area contributed by atoms with E-state index in [9.17, 15) is 9.90 Å². The Balaban J connectivity index is 1.62. The van der Waals surface area contributed by atoms with Gasteiger partial charge in [0.05, 0.1) is 13.2 Å². The molecule has 2 fully saturated rings. The minimum absolute atomic E-state index is 0.270. The summed E-state index contributed by atoms with van der Waals surface area (Å²) < 4.78 is 5.36. The second-order valence-electron chi connectivity index (χ2n) is 6.28. The van der Waals surface area contributed by atoms with Gasteiger partial charge < -0.3 is 15.2 Å². The van der Waals surface area contributed by atoms with Crippen LogP contribution in [0.3, 0.4) is 0 Å². The Hall–Kier alpha value is -1.43. The summed E-state index contributed by atoms with van der Waals surface area (Å²) in [4.78, 5) is 14.6. The number of anilines is 1. The fourth-order valence-electron chi connectivity index (χ4n) is 3.20. The average Bonchev–Trinajstić information content (AvgIpc) is 2.97. The van der Waals surface area contributed by atoms with E-state index < -0.39 is 5.60 Å². The monoisotopic (exact) mass is 304 g/mol. The van der Waals surface area contributed by atoms with Crippen molar-refractivity contribution < 1.29 is 14.6 Å². The quantitative estimate of drug-likeness (QED) is 0.890. The summed E-state index contributed by atoms with van der Waals surface area (Å²) in [6.07, 6.45) is 2.96. The van der Waals surface area contributed by atoms with Crippen LogP contribution < -0.4 is 5.32 Å². The predicted octanol–water partition coefficient (Wildman–Crippen LogP) is 1.76. The maximum Gasteiger partial charge on any atom is 0.256 e. The van der Waals surface area contributed by atoms with Crippen molar-refractivity contribution >= 4 is 11.6 Å². The molecule has 22 heavy (non-hydrogen) atoms. The smallest absolute Gasteiger partial charge is 0.256 e. The number of amides is 1. The van der Waals surface area contributed by atoms with Crippen molar-refractivity contribution in [2.24, 2.45) is 0 Å². The number of morpholine rings is 1. The molecule has 0 atom stereocenters. The van der Waals surface area contributed by atoms with E-state index in [0.29, 0.717) is 12.8 Å². The number of nitrogens with one attached hydrogen (secondary N) is 1. The summed E-state index contributed by atoms with van der Waals surface area (Å²) in [6, 6.07) is 7.88. The molecule has 1 aliphatic heterocycles. The minimum atomic E-state index is -1.18. The Morgan fingerprint density at radius 2 is 2.00 bits per heavy atom. The first-order valence-electron chi connectivity index (χ1n) is 8.09. The molecule has 0 aromatic heterocycles. The summed E-state index contributed by atoms with van der Waals surface area (Å²) in [5.74, 6) is -0.270. The molecule has 120 valence electrons. The lowest BCUT2D eigenvalue weighted by Crippen LogP contribution is -2.40. The van der Waals surface area contributed by atoms with Crippen molar-refractivity contribution in [3.8, 4) is 0 Å². The number of hydrogen-bond acceptors (Lipinski definition) is 4. The average molecular weight is 304 g/mol. The van der Waals surface area contributed by atoms with Crippen molar-refractivity contribution in [2.75, 3.05) is 31.6 Å². The van der Waals surface area contributed by atoms with Crippen LogP contribution >= 0.6 is 0 Å². The van der Waals surface area contributed by atoms with Crippen molar-refractivity contribution in [2.45, 2.75) is 37.8 Å². The van der Waals surface area contributed by atoms with Crippen LogP contribution in [-0.4, -0.2) is 47.8 Å². The lowest BCUT2D eigenvalue weighted by atomic mass is 10.0. The topological polar surface area (TPSA) is 61.8 Å². The first-order chi connectivity index (χ1) is 10.7. The largest absolute Gasteiger partial charge is 0.380 e. The van der Waals surface area contributed by atoms with Gasteiger partial charge in [0.2, 0.25) is 0 Å². The number of benzene rings is 1. The zero-order chi connectivity index (χ0) is 15.4. The zero-order valence-corrected chi connectivity index (χ0v) is 12.9. The summed E-state index contributed by atoms with van der Waals surface area (Å²) in [6.45, 7) is 4.30. The number of carbonyl (C=O) groups is 1. The molecule has 1 amide bonds. The molecule has 1 aromatic rings. The molecule has 2 N–H and O–H groups in total. The number of aliphatic hydroxyl groups is 1. The molecule has 1 heterocycles. The number of carbonyl (C=O) groups excluding carboxylic acids is 1. The second-order valence-corrected chi connectivity index (χ2v) is 6.28. The van der Waals surface area contributed by atoms with Gasteiger partial charge in [0.15, 0.2) is 0 Å². The zero-order valence-electron chi connectivity index (χ0n) is 12.9. The van der Waals surface area contributed by atoms with E-state index >= 15 is 0 Å². The standard InChI is InChI=1S/C17H24N2O3/c20-16(17(21)6-1-2-7-17)18-15-5-3-4-14(12-15)13-19-8-10-22-11-9-19/h3-5,12,21H,1-2,6-11,13H2,(H,18,20). The Kier molecular flexibility index (Phi) is 4.76. The van der Waals surface area contributed by atoms with Crippen LogP contribution in [-0.2, 0) is 16.1 Å². The summed E-state index contributed by atoms with van der Waals surface area (Å²) in [5, 5.41) is 13.2. The highest BCUT2D eigenvalue weighted by Crippen LogP contribution is 2.30. The third-order valence-corrected chi connectivity index (χ3v) is 4.55. The molecule has 1 saturated carbocycles. The van der Waals surface area contributed by atoms with Gasteiger partial charge in [-0.25, -0.2) is 0 Å². The Morgan fingerprint density at radius 3 is 2.73 bits per heavy atom. The van der Waals surface area contributed by atoms with Gasteiger partial charge in [-0.15, -0.1) is 0 Å². The number of nitrogens with zero attached hydrogens (tertiary/aromatic N) is 1. The van der Waals surface area contributed by atoms with Gasteiger partial charge in [-0.3, -0.25) is 9.69 Å². The molecule has 1 aliphatic carbocycles. The van der Waals surface area contributed by atoms with Gasteiger partial charge in [-0.1, -0.05) is 12.1 Å². The van der Waals surface area contributed by atoms with Crippen LogP contribution in [0.1, 0.15) is 31.2 Å². The first-order valence-corrected chi connectivity index (χ1v) is 8.09. The van der Waals surface area contributed by atoms with Gasteiger partial charge in [0.1, 0.15) is 5.60 Å². The molecule has 1 saturated heterocycles. The fraction of sp³-hybridized carbons (Fsp3) is 0.588. The molecule has 0 radical (unpaired) electrons. The number of hydrogen-bond donors (Lipinski definition) is 2. The van der Waals surface area contributed by atoms with Crippen LogP contribution in [0.25, 0.3) is 0 Å². The van der Waals surface area contributed by atoms with Gasteiger partial charge in [-0.05, 0) is 43.4 Å². The third kappa shape index (κ3) is 3.66. The maximum atomic E-state index is 12.2. The van der Waals surface area contributed by atoms with Gasteiger partial charge in [-0.2, -0.15) is 0 Å². The van der Waals surface area contributed by atoms with E-state index in [1.54, 1.807) is 0 Å². The molecule has 0 spiro atoms. The lowest BCUT2D eigenvalue weighted by molar-refractivity contribution is -0.133. The summed E-state index contributed by atoms with van der Waals surface area (Å²) >= 11 is 0. The number of ether oxygens (including phenoxy) is 1. The predicted molar refractivity (Wildman–Crippen MR) is 84.6 cm³/mol. The Labute approximate surface area is 131 Å². The molecule has 0 bridgehead atoms. The third-order valence-electron chi connectivity index (χ3n) is 4.55. The molecule has 0 unspecified atom stereocenters. The first kappa shape index (κ1) is 15.5. The van der Waals surface area contributed by atoms with Crippen LogP contribution in [0.4, 0.5) is 5.69 Å². The van der Waals surface area contributed by atoms with Crippen LogP contribution in [0.15, 0.2) is 24.3 Å². The molecule has 1 aromatic carbocycles. The molecular formula is C17H24N2O3. The minimum Gasteiger partial charge on any atom is -0.380 e. The summed E-state index contributed by atoms with van der Waals surface area (Å²) in [7, 11) is 0. The van der Waals surface area contributed by atoms with E-state index in [-0.39, 0.29) is 5.91 Å². The van der Waals surface area contributed by atoms with Crippen molar-refractivity contribution in [1.29, 1.82) is 0 Å². The van der Waals surface area contributed by atoms with Crippen LogP contribution in [0.2, 0.25) is 0 Å². The maximum absolute atomic E-state index is 12.2. The molecule has 5 nitrogen and oxygen atoms in total. The highest BCUT2D eigenvalue weighted by Gasteiger charge is 2.38. The molecule has 3 rings (SSSR count). The van der Waals surface area contributed by atoms with E-state index in [4.69, 9.17) is 4.74 Å². The normalized spacial score (nSPS) is 21.7. The van der Waals surface area contributed by atoms with Gasteiger partial charge in [0, 0.05) is 25.3 Å². The van der Waals surface area contributed by atoms with Crippen molar-refractivity contribution in [3.05, 3.63) is 29.8 Å². The molecule has 5 heteroatoms. The molecule has 2 aliphatic rings. The second kappa shape index (κ2) is 6.77. The van der Waals surface area contributed by atoms with Crippen molar-refractivity contribution in [1.82, 2.24) is 4.90 Å². The van der Waals surface area contributed by atoms with Gasteiger partial charge in [0.25, 0.3) is 5.91 Å². The SMILES string of the molecule is O=C(Nc1cccc(CN2CCOCC2)c1)C1(O)CCCC1. The Bertz CT molecular complexity index is 520. The van der Waals surface area contributed by atoms with Gasteiger partial charge >= 0.3 is 0 Å². The van der Waals surface area contributed by atoms with Crippen LogP contribution in [0.5, 0.6) is 0 Å². The van der Waals surface area contributed by atoms with E-state index in [0.717, 1.165) is 56.9 Å². The number of rotatable bonds is 4. The van der Waals surface area contributed by atoms with E-state index in [2.05, 4.69) is 16.3 Å². The molecular weight excluding hydrogens is 280 g/mol. The summed E-state index contributed by atoms with van der Waals surface area (Å²) in [5.41, 5.74) is 0.745. The van der Waals surface area contributed by atoms with Crippen LogP contribution in [0, 0.1) is 0 Å². The van der Waals surface area contributed by atoms with Crippen molar-refractivity contribution in [3.63, 3.8) is 0 Å².